The minimum Gasteiger partial charge on any atom is -0.370 e. The molecule has 0 bridgehead atoms. The number of nitrogens with two attached hydrogens (primary N) is 1. The van der Waals surface area contributed by atoms with Gasteiger partial charge in [0.15, 0.2) is 0 Å². The molecule has 108 valence electrons. The van der Waals surface area contributed by atoms with Crippen molar-refractivity contribution in [3.8, 4) is 0 Å². The van der Waals surface area contributed by atoms with E-state index in [0.717, 1.165) is 36.4 Å². The first-order chi connectivity index (χ1) is 9.54. The first-order valence-electron chi connectivity index (χ1n) is 6.88. The number of carbonyl (C=O) groups excluding carboxylic acids is 2. The average molecular weight is 292 g/mol. The van der Waals surface area contributed by atoms with Gasteiger partial charge in [0.2, 0.25) is 11.8 Å². The van der Waals surface area contributed by atoms with Crippen LogP contribution >= 0.6 is 12.6 Å². The summed E-state index contributed by atoms with van der Waals surface area (Å²) in [6.45, 7) is 1.45. The van der Waals surface area contributed by atoms with Crippen molar-refractivity contribution in [3.05, 3.63) is 29.8 Å². The van der Waals surface area contributed by atoms with Crippen molar-refractivity contribution in [3.63, 3.8) is 0 Å². The van der Waals surface area contributed by atoms with Gasteiger partial charge in [-0.25, -0.2) is 0 Å². The van der Waals surface area contributed by atoms with E-state index < -0.39 is 0 Å². The number of benzene rings is 1. The van der Waals surface area contributed by atoms with Gasteiger partial charge in [-0.3, -0.25) is 9.59 Å². The van der Waals surface area contributed by atoms with Gasteiger partial charge in [-0.15, -0.1) is 12.6 Å². The Bertz CT molecular complexity index is 479. The lowest BCUT2D eigenvalue weighted by Gasteiger charge is -2.31. The highest BCUT2D eigenvalue weighted by Crippen LogP contribution is 2.21. The lowest BCUT2D eigenvalue weighted by Crippen LogP contribution is -2.40. The van der Waals surface area contributed by atoms with Crippen LogP contribution in [0.4, 0.5) is 0 Å². The van der Waals surface area contributed by atoms with Crippen LogP contribution in [0.5, 0.6) is 0 Å². The fraction of sp³-hybridized carbons (Fsp3) is 0.467. The van der Waals surface area contributed by atoms with Crippen LogP contribution in [-0.4, -0.2) is 29.8 Å². The van der Waals surface area contributed by atoms with Crippen LogP contribution in [-0.2, 0) is 16.0 Å². The number of likely N-dealkylation sites (tertiary alicyclic amines) is 1. The number of carbonyl (C=O) groups is 2. The molecule has 0 unspecified atom stereocenters. The van der Waals surface area contributed by atoms with Crippen molar-refractivity contribution >= 4 is 24.4 Å². The summed E-state index contributed by atoms with van der Waals surface area (Å²) in [4.78, 5) is 25.9. The molecule has 1 aliphatic heterocycles. The van der Waals surface area contributed by atoms with Crippen molar-refractivity contribution in [2.24, 2.45) is 11.7 Å². The maximum Gasteiger partial charge on any atom is 0.226 e. The molecule has 0 atom stereocenters. The van der Waals surface area contributed by atoms with Gasteiger partial charge in [0.1, 0.15) is 0 Å². The number of piperidine rings is 1. The SMILES string of the molecule is NC(=O)CC1CCN(C(=O)Cc2ccc(S)cc2)CC1. The van der Waals surface area contributed by atoms with Crippen LogP contribution in [0, 0.1) is 5.92 Å². The summed E-state index contributed by atoms with van der Waals surface area (Å²) in [6, 6.07) is 7.65. The van der Waals surface area contributed by atoms with E-state index >= 15 is 0 Å². The van der Waals surface area contributed by atoms with E-state index in [4.69, 9.17) is 5.73 Å². The Hall–Kier alpha value is -1.49. The molecule has 1 heterocycles. The molecule has 20 heavy (non-hydrogen) atoms. The summed E-state index contributed by atoms with van der Waals surface area (Å²) in [5.74, 6) is 0.232. The summed E-state index contributed by atoms with van der Waals surface area (Å²) in [5, 5.41) is 0. The maximum atomic E-state index is 12.2. The Morgan fingerprint density at radius 2 is 1.80 bits per heavy atom. The number of hydrogen-bond donors (Lipinski definition) is 2. The van der Waals surface area contributed by atoms with E-state index in [1.54, 1.807) is 0 Å². The van der Waals surface area contributed by atoms with E-state index in [-0.39, 0.29) is 11.8 Å². The summed E-state index contributed by atoms with van der Waals surface area (Å²) >= 11 is 4.23. The molecule has 0 radical (unpaired) electrons. The first kappa shape index (κ1) is 14.9. The zero-order valence-corrected chi connectivity index (χ0v) is 12.3. The number of amides is 2. The predicted octanol–water partition coefficient (Wildman–Crippen LogP) is 1.63. The van der Waals surface area contributed by atoms with Crippen molar-refractivity contribution < 1.29 is 9.59 Å². The van der Waals surface area contributed by atoms with Crippen molar-refractivity contribution in [2.45, 2.75) is 30.6 Å². The molecule has 1 saturated heterocycles. The van der Waals surface area contributed by atoms with Crippen LogP contribution in [0.15, 0.2) is 29.2 Å². The molecule has 1 aliphatic rings. The lowest BCUT2D eigenvalue weighted by atomic mass is 9.93. The van der Waals surface area contributed by atoms with Gasteiger partial charge in [-0.05, 0) is 36.5 Å². The Morgan fingerprint density at radius 3 is 2.35 bits per heavy atom. The third-order valence-electron chi connectivity index (χ3n) is 3.75. The number of rotatable bonds is 4. The third-order valence-corrected chi connectivity index (χ3v) is 4.05. The Balaban J connectivity index is 1.82. The van der Waals surface area contributed by atoms with E-state index in [1.807, 2.05) is 29.2 Å². The smallest absolute Gasteiger partial charge is 0.226 e. The van der Waals surface area contributed by atoms with Gasteiger partial charge in [0.05, 0.1) is 6.42 Å². The zero-order valence-electron chi connectivity index (χ0n) is 11.4. The molecule has 2 N–H and O–H groups in total. The highest BCUT2D eigenvalue weighted by Gasteiger charge is 2.23. The highest BCUT2D eigenvalue weighted by molar-refractivity contribution is 7.80. The van der Waals surface area contributed by atoms with Gasteiger partial charge < -0.3 is 10.6 Å². The van der Waals surface area contributed by atoms with Gasteiger partial charge in [0.25, 0.3) is 0 Å². The molecule has 0 aliphatic carbocycles. The van der Waals surface area contributed by atoms with E-state index in [2.05, 4.69) is 12.6 Å². The lowest BCUT2D eigenvalue weighted by molar-refractivity contribution is -0.131. The van der Waals surface area contributed by atoms with Crippen molar-refractivity contribution in [1.82, 2.24) is 4.90 Å². The molecule has 5 heteroatoms. The van der Waals surface area contributed by atoms with Crippen LogP contribution in [0.2, 0.25) is 0 Å². The molecule has 1 fully saturated rings. The van der Waals surface area contributed by atoms with Crippen LogP contribution in [0.25, 0.3) is 0 Å². The molecule has 2 rings (SSSR count). The van der Waals surface area contributed by atoms with E-state index in [1.165, 1.54) is 0 Å². The topological polar surface area (TPSA) is 63.4 Å². The number of primary amides is 1. The summed E-state index contributed by atoms with van der Waals surface area (Å²) < 4.78 is 0. The number of nitrogens with zero attached hydrogens (tertiary/aromatic N) is 1. The van der Waals surface area contributed by atoms with E-state index in [0.29, 0.717) is 18.8 Å². The first-order valence-corrected chi connectivity index (χ1v) is 7.33. The Kier molecular flexibility index (Phi) is 5.06. The minimum absolute atomic E-state index is 0.148. The average Bonchev–Trinajstić information content (AvgIpc) is 2.41. The molecule has 2 amide bonds. The predicted molar refractivity (Wildman–Crippen MR) is 80.5 cm³/mol. The van der Waals surface area contributed by atoms with E-state index in [9.17, 15) is 9.59 Å². The summed E-state index contributed by atoms with van der Waals surface area (Å²) in [6.07, 6.45) is 2.59. The second kappa shape index (κ2) is 6.79. The second-order valence-electron chi connectivity index (χ2n) is 5.34. The molecule has 1 aromatic carbocycles. The largest absolute Gasteiger partial charge is 0.370 e. The van der Waals surface area contributed by atoms with Crippen molar-refractivity contribution in [1.29, 1.82) is 0 Å². The van der Waals surface area contributed by atoms with Crippen molar-refractivity contribution in [2.75, 3.05) is 13.1 Å². The van der Waals surface area contributed by atoms with Gasteiger partial charge in [0, 0.05) is 24.4 Å². The Morgan fingerprint density at radius 1 is 1.20 bits per heavy atom. The second-order valence-corrected chi connectivity index (χ2v) is 5.85. The molecular formula is C15H20N2O2S. The summed E-state index contributed by atoms with van der Waals surface area (Å²) in [5.41, 5.74) is 6.21. The highest BCUT2D eigenvalue weighted by atomic mass is 32.1. The number of thiol groups is 1. The van der Waals surface area contributed by atoms with Gasteiger partial charge in [-0.2, -0.15) is 0 Å². The standard InChI is InChI=1S/C15H20N2O2S/c16-14(18)9-12-5-7-17(8-6-12)15(19)10-11-1-3-13(20)4-2-11/h1-4,12,20H,5-10H2,(H2,16,18). The number of hydrogen-bond acceptors (Lipinski definition) is 3. The fourth-order valence-electron chi connectivity index (χ4n) is 2.57. The minimum atomic E-state index is -0.248. The van der Waals surface area contributed by atoms with Crippen LogP contribution in [0.3, 0.4) is 0 Å². The van der Waals surface area contributed by atoms with Gasteiger partial charge in [-0.1, -0.05) is 12.1 Å². The molecule has 0 saturated carbocycles. The monoisotopic (exact) mass is 292 g/mol. The molecule has 4 nitrogen and oxygen atoms in total. The molecule has 0 aromatic heterocycles. The van der Waals surface area contributed by atoms with Crippen LogP contribution in [0.1, 0.15) is 24.8 Å². The molecule has 1 aromatic rings. The maximum absolute atomic E-state index is 12.2. The Labute approximate surface area is 124 Å². The van der Waals surface area contributed by atoms with Gasteiger partial charge >= 0.3 is 0 Å². The quantitative estimate of drug-likeness (QED) is 0.829. The molecule has 0 spiro atoms. The normalized spacial score (nSPS) is 16.1. The fourth-order valence-corrected chi connectivity index (χ4v) is 2.72. The third kappa shape index (κ3) is 4.27. The molecular weight excluding hydrogens is 272 g/mol. The van der Waals surface area contributed by atoms with Crippen LogP contribution < -0.4 is 5.73 Å². The zero-order chi connectivity index (χ0) is 14.5. The summed E-state index contributed by atoms with van der Waals surface area (Å²) in [7, 11) is 0.